The predicted molar refractivity (Wildman–Crippen MR) is 79.1 cm³/mol. The maximum absolute atomic E-state index is 12.0. The summed E-state index contributed by atoms with van der Waals surface area (Å²) in [5.41, 5.74) is 0. The minimum Gasteiger partial charge on any atom is -0.480 e. The first-order valence-corrected chi connectivity index (χ1v) is 8.05. The molecule has 7 heteroatoms. The quantitative estimate of drug-likeness (QED) is 0.654. The van der Waals surface area contributed by atoms with Gasteiger partial charge in [0, 0.05) is 19.6 Å². The van der Waals surface area contributed by atoms with Crippen molar-refractivity contribution >= 4 is 23.6 Å². The van der Waals surface area contributed by atoms with Crippen LogP contribution >= 0.6 is 11.8 Å². The van der Waals surface area contributed by atoms with Gasteiger partial charge in [-0.1, -0.05) is 6.92 Å². The molecule has 20 heavy (non-hydrogen) atoms. The molecule has 1 amide bonds. The molecular weight excluding hydrogens is 280 g/mol. The lowest BCUT2D eigenvalue weighted by Crippen LogP contribution is -2.50. The van der Waals surface area contributed by atoms with E-state index in [0.717, 1.165) is 12.2 Å². The number of morpholine rings is 1. The van der Waals surface area contributed by atoms with Crippen LogP contribution in [0.4, 0.5) is 0 Å². The van der Waals surface area contributed by atoms with Crippen molar-refractivity contribution in [2.45, 2.75) is 19.4 Å². The zero-order chi connectivity index (χ0) is 15.0. The smallest absolute Gasteiger partial charge is 0.317 e. The van der Waals surface area contributed by atoms with Crippen molar-refractivity contribution in [3.63, 3.8) is 0 Å². The summed E-state index contributed by atoms with van der Waals surface area (Å²) in [6.07, 6.45) is 0.970. The lowest BCUT2D eigenvalue weighted by molar-refractivity contribution is -0.141. The Balaban J connectivity index is 2.34. The number of thioether (sulfide) groups is 1. The summed E-state index contributed by atoms with van der Waals surface area (Å²) >= 11 is 1.66. The van der Waals surface area contributed by atoms with Gasteiger partial charge in [-0.25, -0.2) is 0 Å². The molecule has 0 aliphatic carbocycles. The molecule has 0 aromatic carbocycles. The largest absolute Gasteiger partial charge is 0.480 e. The van der Waals surface area contributed by atoms with E-state index in [-0.39, 0.29) is 18.6 Å². The molecule has 0 spiro atoms. The molecule has 1 unspecified atom stereocenters. The second-order valence-electron chi connectivity index (χ2n) is 4.98. The highest BCUT2D eigenvalue weighted by Gasteiger charge is 2.25. The van der Waals surface area contributed by atoms with Gasteiger partial charge in [0.25, 0.3) is 0 Å². The number of carbonyl (C=O) groups excluding carboxylic acids is 1. The Morgan fingerprint density at radius 2 is 2.25 bits per heavy atom. The van der Waals surface area contributed by atoms with Gasteiger partial charge in [-0.3, -0.25) is 14.5 Å². The van der Waals surface area contributed by atoms with Crippen LogP contribution in [0.25, 0.3) is 0 Å². The first-order valence-electron chi connectivity index (χ1n) is 6.90. The van der Waals surface area contributed by atoms with Gasteiger partial charge >= 0.3 is 5.97 Å². The third kappa shape index (κ3) is 6.58. The van der Waals surface area contributed by atoms with Gasteiger partial charge in [0.15, 0.2) is 0 Å². The Morgan fingerprint density at radius 3 is 2.90 bits per heavy atom. The van der Waals surface area contributed by atoms with Crippen LogP contribution in [0.2, 0.25) is 0 Å². The van der Waals surface area contributed by atoms with Crippen LogP contribution in [0.1, 0.15) is 13.3 Å². The molecule has 1 aliphatic heterocycles. The van der Waals surface area contributed by atoms with Crippen molar-refractivity contribution in [3.05, 3.63) is 0 Å². The lowest BCUT2D eigenvalue weighted by Gasteiger charge is -2.34. The second kappa shape index (κ2) is 9.20. The average molecular weight is 304 g/mol. The molecule has 0 aromatic rings. The number of hydrogen-bond acceptors (Lipinski definition) is 5. The van der Waals surface area contributed by atoms with Gasteiger partial charge in [0.2, 0.25) is 5.91 Å². The SMILES string of the molecule is CCCSCC(=O)N1CCOC(CN(C)CC(=O)O)C1. The first kappa shape index (κ1) is 17.3. The summed E-state index contributed by atoms with van der Waals surface area (Å²) in [4.78, 5) is 26.2. The number of aliphatic carboxylic acids is 1. The Kier molecular flexibility index (Phi) is 7.94. The lowest BCUT2D eigenvalue weighted by atomic mass is 10.2. The fraction of sp³-hybridized carbons (Fsp3) is 0.846. The van der Waals surface area contributed by atoms with E-state index in [2.05, 4.69) is 6.92 Å². The molecule has 1 aliphatic rings. The van der Waals surface area contributed by atoms with E-state index in [4.69, 9.17) is 9.84 Å². The van der Waals surface area contributed by atoms with Crippen molar-refractivity contribution in [1.29, 1.82) is 0 Å². The zero-order valence-corrected chi connectivity index (χ0v) is 13.0. The Bertz CT molecular complexity index is 327. The topological polar surface area (TPSA) is 70.1 Å². The molecule has 0 aromatic heterocycles. The summed E-state index contributed by atoms with van der Waals surface area (Å²) < 4.78 is 5.60. The van der Waals surface area contributed by atoms with E-state index in [1.807, 2.05) is 4.90 Å². The van der Waals surface area contributed by atoms with Gasteiger partial charge < -0.3 is 14.7 Å². The van der Waals surface area contributed by atoms with Crippen molar-refractivity contribution in [2.75, 3.05) is 51.3 Å². The molecule has 1 rings (SSSR count). The van der Waals surface area contributed by atoms with Crippen LogP contribution in [0.5, 0.6) is 0 Å². The fourth-order valence-corrected chi connectivity index (χ4v) is 2.88. The number of carboxylic acid groups (broad SMARTS) is 1. The number of rotatable bonds is 8. The van der Waals surface area contributed by atoms with Gasteiger partial charge in [-0.05, 0) is 19.2 Å². The molecule has 1 N–H and O–H groups in total. The number of ether oxygens (including phenoxy) is 1. The van der Waals surface area contributed by atoms with Gasteiger partial charge in [0.1, 0.15) is 0 Å². The molecular formula is C13H24N2O4S. The minimum atomic E-state index is -0.854. The monoisotopic (exact) mass is 304 g/mol. The molecule has 0 saturated carbocycles. The van der Waals surface area contributed by atoms with Crippen LogP contribution in [-0.2, 0) is 14.3 Å². The maximum Gasteiger partial charge on any atom is 0.317 e. The number of nitrogens with zero attached hydrogens (tertiary/aromatic N) is 2. The summed E-state index contributed by atoms with van der Waals surface area (Å²) in [6, 6.07) is 0. The van der Waals surface area contributed by atoms with Crippen LogP contribution in [0, 0.1) is 0 Å². The highest BCUT2D eigenvalue weighted by atomic mass is 32.2. The number of amides is 1. The van der Waals surface area contributed by atoms with E-state index in [0.29, 0.717) is 32.0 Å². The molecule has 0 bridgehead atoms. The summed E-state index contributed by atoms with van der Waals surface area (Å²) in [7, 11) is 1.75. The fourth-order valence-electron chi connectivity index (χ4n) is 2.09. The zero-order valence-electron chi connectivity index (χ0n) is 12.2. The molecule has 1 atom stereocenters. The van der Waals surface area contributed by atoms with Crippen molar-refractivity contribution in [3.8, 4) is 0 Å². The highest BCUT2D eigenvalue weighted by molar-refractivity contribution is 7.99. The molecule has 6 nitrogen and oxygen atoms in total. The first-order chi connectivity index (χ1) is 9.52. The van der Waals surface area contributed by atoms with Crippen LogP contribution in [0.15, 0.2) is 0 Å². The maximum atomic E-state index is 12.0. The van der Waals surface area contributed by atoms with E-state index in [9.17, 15) is 9.59 Å². The summed E-state index contributed by atoms with van der Waals surface area (Å²) in [5.74, 6) is 0.816. The van der Waals surface area contributed by atoms with Crippen LogP contribution in [0.3, 0.4) is 0 Å². The minimum absolute atomic E-state index is 0.0137. The van der Waals surface area contributed by atoms with Gasteiger partial charge in [-0.2, -0.15) is 11.8 Å². The molecule has 1 fully saturated rings. The second-order valence-corrected chi connectivity index (χ2v) is 6.08. The average Bonchev–Trinajstić information content (AvgIpc) is 2.38. The van der Waals surface area contributed by atoms with Crippen LogP contribution in [-0.4, -0.2) is 84.2 Å². The van der Waals surface area contributed by atoms with E-state index in [1.165, 1.54) is 0 Å². The number of hydrogen-bond donors (Lipinski definition) is 1. The van der Waals surface area contributed by atoms with Crippen molar-refractivity contribution in [1.82, 2.24) is 9.80 Å². The van der Waals surface area contributed by atoms with Gasteiger partial charge in [-0.15, -0.1) is 0 Å². The summed E-state index contributed by atoms with van der Waals surface area (Å²) in [5, 5.41) is 8.72. The molecule has 116 valence electrons. The van der Waals surface area contributed by atoms with Crippen molar-refractivity contribution < 1.29 is 19.4 Å². The number of carboxylic acids is 1. The Hall–Kier alpha value is -0.790. The third-order valence-corrected chi connectivity index (χ3v) is 4.13. The Labute approximate surface area is 124 Å². The summed E-state index contributed by atoms with van der Waals surface area (Å²) in [6.45, 7) is 4.31. The van der Waals surface area contributed by atoms with Gasteiger partial charge in [0.05, 0.1) is 25.0 Å². The molecule has 1 saturated heterocycles. The molecule has 1 heterocycles. The van der Waals surface area contributed by atoms with Crippen molar-refractivity contribution in [2.24, 2.45) is 0 Å². The highest BCUT2D eigenvalue weighted by Crippen LogP contribution is 2.10. The predicted octanol–water partition coefficient (Wildman–Crippen LogP) is 0.373. The standard InChI is InChI=1S/C13H24N2O4S/c1-3-6-20-10-12(16)15-4-5-19-11(8-15)7-14(2)9-13(17)18/h11H,3-10H2,1-2H3,(H,17,18). The normalized spacial score (nSPS) is 19.4. The van der Waals surface area contributed by atoms with E-state index in [1.54, 1.807) is 23.7 Å². The van der Waals surface area contributed by atoms with E-state index < -0.39 is 5.97 Å². The third-order valence-electron chi connectivity index (χ3n) is 2.99. The molecule has 0 radical (unpaired) electrons. The number of carbonyl (C=O) groups is 2. The number of likely N-dealkylation sites (N-methyl/N-ethyl adjacent to an activating group) is 1. The Morgan fingerprint density at radius 1 is 1.50 bits per heavy atom. The van der Waals surface area contributed by atoms with Crippen LogP contribution < -0.4 is 0 Å². The van der Waals surface area contributed by atoms with E-state index >= 15 is 0 Å².